The lowest BCUT2D eigenvalue weighted by Crippen LogP contribution is -2.48. The van der Waals surface area contributed by atoms with Crippen LogP contribution in [0.25, 0.3) is 22.3 Å². The van der Waals surface area contributed by atoms with Crippen molar-refractivity contribution in [2.24, 2.45) is 0 Å². The quantitative estimate of drug-likeness (QED) is 0.586. The minimum absolute atomic E-state index is 0.112. The molecule has 4 rings (SSSR count). The summed E-state index contributed by atoms with van der Waals surface area (Å²) in [4.78, 5) is 15.9. The van der Waals surface area contributed by atoms with E-state index >= 15 is 0 Å². The van der Waals surface area contributed by atoms with E-state index in [1.54, 1.807) is 12.4 Å². The molecule has 29 heavy (non-hydrogen) atoms. The van der Waals surface area contributed by atoms with Crippen LogP contribution in [-0.2, 0) is 4.74 Å². The number of nitrogens with one attached hydrogen (secondary N) is 1. The number of likely N-dealkylation sites (N-methyl/N-ethyl adjacent to an activating group) is 1. The number of benzene rings is 1. The van der Waals surface area contributed by atoms with Gasteiger partial charge in [0.25, 0.3) is 0 Å². The van der Waals surface area contributed by atoms with E-state index in [0.29, 0.717) is 19.6 Å². The van der Waals surface area contributed by atoms with Gasteiger partial charge in [0.2, 0.25) is 0 Å². The molecule has 1 saturated heterocycles. The standard InChI is InChI=1S/C21H25N5O3/c1-26(19-14-22-9-12-29-19)21-20-18(23-7-8-24-20)13-17(25-21)15-3-5-16(6-4-15)28-11-2-10-27/h3-8,13,19,22,27H,2,9-12,14H2,1H3. The van der Waals surface area contributed by atoms with E-state index in [1.807, 2.05) is 42.3 Å². The van der Waals surface area contributed by atoms with Crippen molar-refractivity contribution < 1.29 is 14.6 Å². The van der Waals surface area contributed by atoms with Crippen molar-refractivity contribution >= 4 is 16.9 Å². The summed E-state index contributed by atoms with van der Waals surface area (Å²) in [6.45, 7) is 2.85. The Labute approximate surface area is 169 Å². The van der Waals surface area contributed by atoms with Crippen LogP contribution < -0.4 is 15.0 Å². The second kappa shape index (κ2) is 9.13. The SMILES string of the molecule is CN(c1nc(-c2ccc(OCCCO)cc2)cc2nccnc12)C1CNCCO1. The zero-order valence-electron chi connectivity index (χ0n) is 16.4. The predicted molar refractivity (Wildman–Crippen MR) is 111 cm³/mol. The van der Waals surface area contributed by atoms with Crippen molar-refractivity contribution in [1.29, 1.82) is 0 Å². The first kappa shape index (κ1) is 19.5. The average molecular weight is 395 g/mol. The third kappa shape index (κ3) is 4.45. The maximum absolute atomic E-state index is 8.87. The van der Waals surface area contributed by atoms with E-state index in [1.165, 1.54) is 0 Å². The first-order valence-corrected chi connectivity index (χ1v) is 9.77. The Balaban J connectivity index is 1.66. The molecule has 8 heteroatoms. The molecule has 0 radical (unpaired) electrons. The fourth-order valence-electron chi connectivity index (χ4n) is 3.26. The minimum Gasteiger partial charge on any atom is -0.494 e. The van der Waals surface area contributed by atoms with E-state index in [-0.39, 0.29) is 12.8 Å². The lowest BCUT2D eigenvalue weighted by Gasteiger charge is -2.32. The molecular weight excluding hydrogens is 370 g/mol. The van der Waals surface area contributed by atoms with Gasteiger partial charge in [-0.05, 0) is 30.3 Å². The summed E-state index contributed by atoms with van der Waals surface area (Å²) in [6, 6.07) is 9.71. The number of aliphatic hydroxyl groups excluding tert-OH is 1. The van der Waals surface area contributed by atoms with Crippen LogP contribution in [0, 0.1) is 0 Å². The van der Waals surface area contributed by atoms with Gasteiger partial charge in [0.05, 0.1) is 24.4 Å². The molecular formula is C21H25N5O3. The van der Waals surface area contributed by atoms with Crippen molar-refractivity contribution in [3.05, 3.63) is 42.7 Å². The number of aromatic nitrogens is 3. The van der Waals surface area contributed by atoms with Crippen molar-refractivity contribution in [3.63, 3.8) is 0 Å². The summed E-state index contributed by atoms with van der Waals surface area (Å²) in [7, 11) is 1.97. The van der Waals surface area contributed by atoms with Gasteiger partial charge in [-0.25, -0.2) is 9.97 Å². The van der Waals surface area contributed by atoms with E-state index in [2.05, 4.69) is 15.3 Å². The second-order valence-electron chi connectivity index (χ2n) is 6.85. The van der Waals surface area contributed by atoms with Crippen molar-refractivity contribution in [2.45, 2.75) is 12.6 Å². The zero-order valence-corrected chi connectivity index (χ0v) is 16.4. The fourth-order valence-corrected chi connectivity index (χ4v) is 3.26. The highest BCUT2D eigenvalue weighted by Crippen LogP contribution is 2.29. The minimum atomic E-state index is -0.112. The molecule has 0 spiro atoms. The van der Waals surface area contributed by atoms with Gasteiger partial charge < -0.3 is 24.8 Å². The van der Waals surface area contributed by atoms with Gasteiger partial charge in [0.15, 0.2) is 5.82 Å². The maximum atomic E-state index is 8.87. The van der Waals surface area contributed by atoms with Gasteiger partial charge in [-0.15, -0.1) is 0 Å². The molecule has 0 bridgehead atoms. The number of pyridine rings is 1. The average Bonchev–Trinajstić information content (AvgIpc) is 2.79. The number of morpholine rings is 1. The van der Waals surface area contributed by atoms with E-state index in [4.69, 9.17) is 19.6 Å². The maximum Gasteiger partial charge on any atom is 0.159 e. The number of aliphatic hydroxyl groups is 1. The number of hydrogen-bond acceptors (Lipinski definition) is 8. The number of fused-ring (bicyclic) bond motifs is 1. The third-order valence-electron chi connectivity index (χ3n) is 4.83. The molecule has 152 valence electrons. The Morgan fingerprint density at radius 2 is 2.07 bits per heavy atom. The number of anilines is 1. The summed E-state index contributed by atoms with van der Waals surface area (Å²) in [5, 5.41) is 12.2. The van der Waals surface area contributed by atoms with Crippen molar-refractivity contribution in [2.75, 3.05) is 44.9 Å². The summed E-state index contributed by atoms with van der Waals surface area (Å²) < 4.78 is 11.5. The molecule has 8 nitrogen and oxygen atoms in total. The van der Waals surface area contributed by atoms with Gasteiger partial charge in [0, 0.05) is 51.1 Å². The van der Waals surface area contributed by atoms with Crippen LogP contribution in [0.15, 0.2) is 42.7 Å². The number of nitrogens with zero attached hydrogens (tertiary/aromatic N) is 4. The molecule has 1 aliphatic heterocycles. The molecule has 1 atom stereocenters. The Hall–Kier alpha value is -2.81. The molecule has 3 heterocycles. The Morgan fingerprint density at radius 3 is 2.83 bits per heavy atom. The van der Waals surface area contributed by atoms with Gasteiger partial charge in [0.1, 0.15) is 17.5 Å². The molecule has 1 fully saturated rings. The molecule has 0 saturated carbocycles. The normalized spacial score (nSPS) is 16.7. The van der Waals surface area contributed by atoms with Gasteiger partial charge in [-0.3, -0.25) is 4.98 Å². The molecule has 1 aromatic carbocycles. The van der Waals surface area contributed by atoms with Crippen LogP contribution in [0.1, 0.15) is 6.42 Å². The van der Waals surface area contributed by atoms with Gasteiger partial charge >= 0.3 is 0 Å². The number of ether oxygens (including phenoxy) is 2. The van der Waals surface area contributed by atoms with Crippen molar-refractivity contribution in [3.8, 4) is 17.0 Å². The summed E-state index contributed by atoms with van der Waals surface area (Å²) in [5.41, 5.74) is 3.30. The van der Waals surface area contributed by atoms with E-state index in [9.17, 15) is 0 Å². The Morgan fingerprint density at radius 1 is 1.24 bits per heavy atom. The van der Waals surface area contributed by atoms with Crippen LogP contribution in [0.2, 0.25) is 0 Å². The molecule has 1 unspecified atom stereocenters. The van der Waals surface area contributed by atoms with E-state index < -0.39 is 0 Å². The molecule has 0 amide bonds. The van der Waals surface area contributed by atoms with Crippen LogP contribution in [0.5, 0.6) is 5.75 Å². The highest BCUT2D eigenvalue weighted by Gasteiger charge is 2.23. The van der Waals surface area contributed by atoms with Gasteiger partial charge in [-0.2, -0.15) is 0 Å². The monoisotopic (exact) mass is 395 g/mol. The largest absolute Gasteiger partial charge is 0.494 e. The van der Waals surface area contributed by atoms with Crippen LogP contribution in [-0.4, -0.2) is 66.2 Å². The molecule has 2 N–H and O–H groups in total. The molecule has 2 aromatic heterocycles. The second-order valence-corrected chi connectivity index (χ2v) is 6.85. The Bertz CT molecular complexity index is 945. The van der Waals surface area contributed by atoms with Crippen LogP contribution in [0.4, 0.5) is 5.82 Å². The first-order valence-electron chi connectivity index (χ1n) is 9.77. The zero-order chi connectivity index (χ0) is 20.1. The van der Waals surface area contributed by atoms with Crippen LogP contribution >= 0.6 is 0 Å². The van der Waals surface area contributed by atoms with Crippen LogP contribution in [0.3, 0.4) is 0 Å². The lowest BCUT2D eigenvalue weighted by molar-refractivity contribution is 0.0295. The van der Waals surface area contributed by atoms with E-state index in [0.717, 1.165) is 46.9 Å². The highest BCUT2D eigenvalue weighted by atomic mass is 16.5. The number of hydrogen-bond donors (Lipinski definition) is 2. The Kier molecular flexibility index (Phi) is 6.14. The number of rotatable bonds is 7. The molecule has 1 aliphatic rings. The first-order chi connectivity index (χ1) is 14.3. The molecule has 3 aromatic rings. The molecule has 0 aliphatic carbocycles. The van der Waals surface area contributed by atoms with Crippen molar-refractivity contribution in [1.82, 2.24) is 20.3 Å². The lowest BCUT2D eigenvalue weighted by atomic mass is 10.1. The topological polar surface area (TPSA) is 92.6 Å². The highest BCUT2D eigenvalue weighted by molar-refractivity contribution is 5.89. The summed E-state index contributed by atoms with van der Waals surface area (Å²) >= 11 is 0. The summed E-state index contributed by atoms with van der Waals surface area (Å²) in [6.07, 6.45) is 3.87. The smallest absolute Gasteiger partial charge is 0.159 e. The van der Waals surface area contributed by atoms with Gasteiger partial charge in [-0.1, -0.05) is 0 Å². The predicted octanol–water partition coefficient (Wildman–Crippen LogP) is 1.84. The fraction of sp³-hybridized carbons (Fsp3) is 0.381. The summed E-state index contributed by atoms with van der Waals surface area (Å²) in [5.74, 6) is 1.50. The third-order valence-corrected chi connectivity index (χ3v) is 4.83.